The summed E-state index contributed by atoms with van der Waals surface area (Å²) in [5, 5.41) is 3.03. The van der Waals surface area contributed by atoms with E-state index >= 15 is 0 Å². The van der Waals surface area contributed by atoms with E-state index in [-0.39, 0.29) is 11.8 Å². The summed E-state index contributed by atoms with van der Waals surface area (Å²) in [6, 6.07) is 8.46. The van der Waals surface area contributed by atoms with Gasteiger partial charge in [-0.15, -0.1) is 0 Å². The molecule has 0 aromatic heterocycles. The van der Waals surface area contributed by atoms with Crippen molar-refractivity contribution in [3.63, 3.8) is 0 Å². The van der Waals surface area contributed by atoms with Gasteiger partial charge in [-0.2, -0.15) is 0 Å². The maximum atomic E-state index is 12.2. The van der Waals surface area contributed by atoms with Crippen molar-refractivity contribution in [3.05, 3.63) is 35.4 Å². The van der Waals surface area contributed by atoms with Gasteiger partial charge in [-0.25, -0.2) is 0 Å². The minimum atomic E-state index is -0.0921. The highest BCUT2D eigenvalue weighted by Gasteiger charge is 2.16. The number of rotatable bonds is 7. The number of hydrogen-bond acceptors (Lipinski definition) is 1. The molecule has 0 saturated carbocycles. The highest BCUT2D eigenvalue weighted by atomic mass is 16.1. The van der Waals surface area contributed by atoms with Gasteiger partial charge < -0.3 is 9.80 Å². The van der Waals surface area contributed by atoms with Crippen molar-refractivity contribution < 1.29 is 9.28 Å². The molecule has 21 heavy (non-hydrogen) atoms. The zero-order chi connectivity index (χ0) is 16.0. The van der Waals surface area contributed by atoms with E-state index in [1.54, 1.807) is 0 Å². The molecule has 1 atom stereocenters. The normalized spacial score (nSPS) is 13.3. The quantitative estimate of drug-likeness (QED) is 0.769. The van der Waals surface area contributed by atoms with Gasteiger partial charge in [0.15, 0.2) is 0 Å². The third kappa shape index (κ3) is 6.76. The number of carbonyl (C=O) groups excluding carboxylic acids is 1. The van der Waals surface area contributed by atoms with Gasteiger partial charge >= 0.3 is 0 Å². The Bertz CT molecular complexity index is 443. The summed E-state index contributed by atoms with van der Waals surface area (Å²) in [7, 11) is 6.38. The summed E-state index contributed by atoms with van der Waals surface area (Å²) in [6.07, 6.45) is 1.09. The molecule has 3 nitrogen and oxygen atoms in total. The van der Waals surface area contributed by atoms with Gasteiger partial charge in [0.1, 0.15) is 0 Å². The maximum Gasteiger partial charge on any atom is 0.227 e. The molecule has 0 heterocycles. The SMILES string of the molecule is CC(C)Cc1ccc([C@@H](C)C(=O)NCC[N+](C)(C)C)cc1. The minimum absolute atomic E-state index is 0.0921. The number of nitrogens with zero attached hydrogens (tertiary/aromatic N) is 1. The van der Waals surface area contributed by atoms with Crippen molar-refractivity contribution in [3.8, 4) is 0 Å². The standard InChI is InChI=1S/C18H30N2O/c1-14(2)13-16-7-9-17(10-8-16)15(3)18(21)19-11-12-20(4,5)6/h7-10,14-15H,11-13H2,1-6H3/p+1/t15-/m1/s1. The van der Waals surface area contributed by atoms with Crippen molar-refractivity contribution in [2.75, 3.05) is 34.2 Å². The van der Waals surface area contributed by atoms with Crippen LogP contribution in [-0.4, -0.2) is 44.6 Å². The largest absolute Gasteiger partial charge is 0.350 e. The monoisotopic (exact) mass is 291 g/mol. The van der Waals surface area contributed by atoms with Crippen LogP contribution in [0.2, 0.25) is 0 Å². The van der Waals surface area contributed by atoms with Crippen molar-refractivity contribution in [1.82, 2.24) is 5.32 Å². The van der Waals surface area contributed by atoms with E-state index in [4.69, 9.17) is 0 Å². The number of amides is 1. The van der Waals surface area contributed by atoms with Crippen LogP contribution in [0.4, 0.5) is 0 Å². The summed E-state index contributed by atoms with van der Waals surface area (Å²) in [4.78, 5) is 12.2. The molecule has 1 N–H and O–H groups in total. The van der Waals surface area contributed by atoms with E-state index in [1.165, 1.54) is 5.56 Å². The Kier molecular flexibility index (Phi) is 6.41. The van der Waals surface area contributed by atoms with E-state index < -0.39 is 0 Å². The highest BCUT2D eigenvalue weighted by molar-refractivity contribution is 5.83. The second-order valence-corrected chi connectivity index (χ2v) is 7.37. The van der Waals surface area contributed by atoms with Crippen LogP contribution in [0.1, 0.15) is 37.8 Å². The van der Waals surface area contributed by atoms with Gasteiger partial charge in [-0.1, -0.05) is 38.1 Å². The summed E-state index contributed by atoms with van der Waals surface area (Å²) in [5.74, 6) is 0.678. The molecular weight excluding hydrogens is 260 g/mol. The van der Waals surface area contributed by atoms with Crippen molar-refractivity contribution in [2.45, 2.75) is 33.1 Å². The zero-order valence-electron chi connectivity index (χ0n) is 14.4. The summed E-state index contributed by atoms with van der Waals surface area (Å²) >= 11 is 0. The molecule has 0 spiro atoms. The molecule has 0 radical (unpaired) electrons. The highest BCUT2D eigenvalue weighted by Crippen LogP contribution is 2.17. The van der Waals surface area contributed by atoms with Crippen molar-refractivity contribution >= 4 is 5.91 Å². The van der Waals surface area contributed by atoms with Gasteiger partial charge in [-0.05, 0) is 30.4 Å². The molecule has 0 bridgehead atoms. The zero-order valence-corrected chi connectivity index (χ0v) is 14.4. The van der Waals surface area contributed by atoms with Gasteiger partial charge in [0.2, 0.25) is 5.91 Å². The third-order valence-corrected chi connectivity index (χ3v) is 3.60. The maximum absolute atomic E-state index is 12.2. The van der Waals surface area contributed by atoms with Crippen LogP contribution in [0.15, 0.2) is 24.3 Å². The van der Waals surface area contributed by atoms with Crippen molar-refractivity contribution in [2.24, 2.45) is 5.92 Å². The summed E-state index contributed by atoms with van der Waals surface area (Å²) < 4.78 is 0.860. The minimum Gasteiger partial charge on any atom is -0.350 e. The lowest BCUT2D eigenvalue weighted by atomic mass is 9.96. The molecule has 0 aliphatic rings. The molecule has 1 aromatic rings. The second-order valence-electron chi connectivity index (χ2n) is 7.37. The molecule has 0 aliphatic carbocycles. The van der Waals surface area contributed by atoms with Crippen molar-refractivity contribution in [1.29, 1.82) is 0 Å². The molecule has 1 aromatic carbocycles. The molecule has 0 unspecified atom stereocenters. The number of benzene rings is 1. The van der Waals surface area contributed by atoms with Crippen LogP contribution < -0.4 is 5.32 Å². The van der Waals surface area contributed by atoms with E-state index in [0.717, 1.165) is 29.6 Å². The Hall–Kier alpha value is -1.35. The molecule has 0 fully saturated rings. The Morgan fingerprint density at radius 3 is 2.14 bits per heavy atom. The Morgan fingerprint density at radius 2 is 1.67 bits per heavy atom. The van der Waals surface area contributed by atoms with Gasteiger partial charge in [0, 0.05) is 0 Å². The van der Waals surface area contributed by atoms with Crippen LogP contribution in [0, 0.1) is 5.92 Å². The van der Waals surface area contributed by atoms with Crippen LogP contribution >= 0.6 is 0 Å². The lowest BCUT2D eigenvalue weighted by Gasteiger charge is -2.24. The Labute approximate surface area is 129 Å². The fraction of sp³-hybridized carbons (Fsp3) is 0.611. The topological polar surface area (TPSA) is 29.1 Å². The number of hydrogen-bond donors (Lipinski definition) is 1. The van der Waals surface area contributed by atoms with Crippen LogP contribution in [0.3, 0.4) is 0 Å². The summed E-state index contributed by atoms with van der Waals surface area (Å²) in [6.45, 7) is 8.07. The van der Waals surface area contributed by atoms with E-state index in [0.29, 0.717) is 5.92 Å². The Balaban J connectivity index is 2.54. The summed E-state index contributed by atoms with van der Waals surface area (Å²) in [5.41, 5.74) is 2.43. The lowest BCUT2D eigenvalue weighted by molar-refractivity contribution is -0.869. The van der Waals surface area contributed by atoms with E-state index in [9.17, 15) is 4.79 Å². The number of nitrogens with one attached hydrogen (secondary N) is 1. The number of likely N-dealkylation sites (N-methyl/N-ethyl adjacent to an activating group) is 1. The fourth-order valence-corrected chi connectivity index (χ4v) is 2.23. The molecule has 3 heteroatoms. The first kappa shape index (κ1) is 17.7. The lowest BCUT2D eigenvalue weighted by Crippen LogP contribution is -2.42. The molecule has 0 saturated heterocycles. The molecule has 1 amide bonds. The first-order valence-corrected chi connectivity index (χ1v) is 7.86. The first-order valence-electron chi connectivity index (χ1n) is 7.86. The third-order valence-electron chi connectivity index (χ3n) is 3.60. The fourth-order valence-electron chi connectivity index (χ4n) is 2.23. The first-order chi connectivity index (χ1) is 9.69. The van der Waals surface area contributed by atoms with Crippen LogP contribution in [0.5, 0.6) is 0 Å². The second kappa shape index (κ2) is 7.60. The number of carbonyl (C=O) groups is 1. The van der Waals surface area contributed by atoms with E-state index in [2.05, 4.69) is 64.6 Å². The number of quaternary nitrogens is 1. The molecule has 1 rings (SSSR count). The van der Waals surface area contributed by atoms with E-state index in [1.807, 2.05) is 6.92 Å². The molecule has 118 valence electrons. The average Bonchev–Trinajstić information content (AvgIpc) is 2.36. The van der Waals surface area contributed by atoms with Crippen LogP contribution in [-0.2, 0) is 11.2 Å². The van der Waals surface area contributed by atoms with Gasteiger partial charge in [0.25, 0.3) is 0 Å². The smallest absolute Gasteiger partial charge is 0.227 e. The average molecular weight is 291 g/mol. The Morgan fingerprint density at radius 1 is 1.10 bits per heavy atom. The van der Waals surface area contributed by atoms with Gasteiger partial charge in [-0.3, -0.25) is 4.79 Å². The molecular formula is C18H31N2O+. The predicted octanol–water partition coefficient (Wildman–Crippen LogP) is 2.81. The van der Waals surface area contributed by atoms with Crippen LogP contribution in [0.25, 0.3) is 0 Å². The molecule has 0 aliphatic heterocycles. The predicted molar refractivity (Wildman–Crippen MR) is 89.3 cm³/mol. The van der Waals surface area contributed by atoms with Gasteiger partial charge in [0.05, 0.1) is 40.2 Å².